The Bertz CT molecular complexity index is 1470. The Morgan fingerprint density at radius 3 is 2.47 bits per heavy atom. The van der Waals surface area contributed by atoms with Gasteiger partial charge in [-0.05, 0) is 31.2 Å². The molecule has 1 unspecified atom stereocenters. The quantitative estimate of drug-likeness (QED) is 0.399. The molecule has 0 amide bonds. The standard InChI is InChI=1S/C22H23N5O4S/c1-14(21(28)17-13-23-18-5-3-2-4-16(17)18)26-8-10-27(11-9-26)32(30,31)15-6-7-19-20(12-15)25-22(29)24-19/h2-7,12-14,23H,8-11H2,1H3,(H2,24,25,29). The van der Waals surface area contributed by atoms with Gasteiger partial charge in [0.1, 0.15) is 0 Å². The summed E-state index contributed by atoms with van der Waals surface area (Å²) < 4.78 is 27.7. The lowest BCUT2D eigenvalue weighted by Gasteiger charge is -2.36. The van der Waals surface area contributed by atoms with Crippen molar-refractivity contribution in [1.82, 2.24) is 24.2 Å². The lowest BCUT2D eigenvalue weighted by atomic mass is 10.0. The van der Waals surface area contributed by atoms with Crippen LogP contribution in [-0.4, -0.2) is 70.6 Å². The Morgan fingerprint density at radius 2 is 1.69 bits per heavy atom. The van der Waals surface area contributed by atoms with Gasteiger partial charge in [0.05, 0.1) is 22.0 Å². The van der Waals surface area contributed by atoms with Crippen LogP contribution in [0.5, 0.6) is 0 Å². The number of imidazole rings is 1. The Hall–Kier alpha value is -3.21. The van der Waals surface area contributed by atoms with Crippen LogP contribution in [0.15, 0.2) is 58.4 Å². The van der Waals surface area contributed by atoms with Crippen molar-refractivity contribution < 1.29 is 13.2 Å². The minimum atomic E-state index is -3.70. The number of sulfonamides is 1. The van der Waals surface area contributed by atoms with E-state index >= 15 is 0 Å². The number of hydrogen-bond donors (Lipinski definition) is 3. The molecule has 0 bridgehead atoms. The second-order valence-corrected chi connectivity index (χ2v) is 9.95. The fourth-order valence-corrected chi connectivity index (χ4v) is 5.77. The third kappa shape index (κ3) is 3.46. The average molecular weight is 454 g/mol. The summed E-state index contributed by atoms with van der Waals surface area (Å²) in [5, 5.41) is 0.892. The molecule has 3 heterocycles. The molecule has 0 aliphatic carbocycles. The number of aromatic nitrogens is 3. The molecule has 1 aliphatic heterocycles. The van der Waals surface area contributed by atoms with E-state index < -0.39 is 10.0 Å². The molecule has 5 rings (SSSR count). The highest BCUT2D eigenvalue weighted by Crippen LogP contribution is 2.23. The minimum absolute atomic E-state index is 0.0145. The van der Waals surface area contributed by atoms with E-state index in [2.05, 4.69) is 15.0 Å². The van der Waals surface area contributed by atoms with Gasteiger partial charge in [-0.15, -0.1) is 0 Å². The van der Waals surface area contributed by atoms with E-state index in [1.807, 2.05) is 36.1 Å². The van der Waals surface area contributed by atoms with Crippen molar-refractivity contribution in [2.75, 3.05) is 26.2 Å². The molecule has 1 aliphatic rings. The Kier molecular flexibility index (Phi) is 5.00. The molecule has 3 N–H and O–H groups in total. The number of para-hydroxylation sites is 1. The molecule has 166 valence electrons. The number of benzene rings is 2. The first-order valence-electron chi connectivity index (χ1n) is 10.4. The molecule has 4 aromatic rings. The number of Topliss-reactive ketones (excluding diaryl/α,β-unsaturated/α-hetero) is 1. The lowest BCUT2D eigenvalue weighted by Crippen LogP contribution is -2.53. The molecular formula is C22H23N5O4S. The zero-order chi connectivity index (χ0) is 22.5. The third-order valence-corrected chi connectivity index (χ3v) is 8.07. The maximum Gasteiger partial charge on any atom is 0.323 e. The zero-order valence-electron chi connectivity index (χ0n) is 17.5. The van der Waals surface area contributed by atoms with Crippen LogP contribution in [-0.2, 0) is 10.0 Å². The van der Waals surface area contributed by atoms with Crippen molar-refractivity contribution >= 4 is 37.7 Å². The van der Waals surface area contributed by atoms with E-state index in [4.69, 9.17) is 0 Å². The van der Waals surface area contributed by atoms with Crippen molar-refractivity contribution in [2.24, 2.45) is 0 Å². The summed E-state index contributed by atoms with van der Waals surface area (Å²) in [6.07, 6.45) is 1.74. The number of carbonyl (C=O) groups is 1. The highest BCUT2D eigenvalue weighted by atomic mass is 32.2. The number of nitrogens with zero attached hydrogens (tertiary/aromatic N) is 2. The molecule has 9 nitrogen and oxygen atoms in total. The molecule has 0 saturated carbocycles. The van der Waals surface area contributed by atoms with Crippen LogP contribution >= 0.6 is 0 Å². The van der Waals surface area contributed by atoms with Gasteiger partial charge in [0.25, 0.3) is 0 Å². The van der Waals surface area contributed by atoms with Gasteiger partial charge in [-0.1, -0.05) is 18.2 Å². The van der Waals surface area contributed by atoms with Gasteiger partial charge in [0.15, 0.2) is 5.78 Å². The fourth-order valence-electron chi connectivity index (χ4n) is 4.32. The first-order valence-corrected chi connectivity index (χ1v) is 11.9. The second-order valence-electron chi connectivity index (χ2n) is 8.01. The normalized spacial score (nSPS) is 17.2. The first kappa shape index (κ1) is 20.7. The number of carbonyl (C=O) groups excluding carboxylic acids is 1. The topological polar surface area (TPSA) is 122 Å². The average Bonchev–Trinajstić information content (AvgIpc) is 3.40. The lowest BCUT2D eigenvalue weighted by molar-refractivity contribution is 0.0784. The van der Waals surface area contributed by atoms with Gasteiger partial charge in [0.2, 0.25) is 10.0 Å². The van der Waals surface area contributed by atoms with Crippen LogP contribution in [0.25, 0.3) is 21.9 Å². The molecule has 0 radical (unpaired) electrons. The van der Waals surface area contributed by atoms with Crippen LogP contribution in [0.4, 0.5) is 0 Å². The van der Waals surface area contributed by atoms with Gasteiger partial charge < -0.3 is 15.0 Å². The van der Waals surface area contributed by atoms with Crippen molar-refractivity contribution in [3.05, 3.63) is 64.7 Å². The number of rotatable bonds is 5. The molecule has 0 spiro atoms. The van der Waals surface area contributed by atoms with Crippen LogP contribution in [0.1, 0.15) is 17.3 Å². The number of H-pyrrole nitrogens is 3. The maximum absolute atomic E-state index is 13.1. The van der Waals surface area contributed by atoms with Gasteiger partial charge in [-0.3, -0.25) is 9.69 Å². The van der Waals surface area contributed by atoms with Crippen LogP contribution in [0.3, 0.4) is 0 Å². The van der Waals surface area contributed by atoms with E-state index in [9.17, 15) is 18.0 Å². The fraction of sp³-hybridized carbons (Fsp3) is 0.273. The van der Waals surface area contributed by atoms with E-state index in [1.54, 1.807) is 12.3 Å². The molecule has 1 saturated heterocycles. The number of aromatic amines is 3. The van der Waals surface area contributed by atoms with E-state index in [0.717, 1.165) is 10.9 Å². The molecule has 1 atom stereocenters. The molecule has 2 aromatic heterocycles. The minimum Gasteiger partial charge on any atom is -0.360 e. The first-order chi connectivity index (χ1) is 15.3. The van der Waals surface area contributed by atoms with Gasteiger partial charge >= 0.3 is 5.69 Å². The van der Waals surface area contributed by atoms with Gasteiger partial charge in [-0.2, -0.15) is 4.31 Å². The zero-order valence-corrected chi connectivity index (χ0v) is 18.3. The molecule has 2 aromatic carbocycles. The summed E-state index contributed by atoms with van der Waals surface area (Å²) in [5.41, 5.74) is 2.20. The smallest absolute Gasteiger partial charge is 0.323 e. The highest BCUT2D eigenvalue weighted by molar-refractivity contribution is 7.89. The Morgan fingerprint density at radius 1 is 0.969 bits per heavy atom. The highest BCUT2D eigenvalue weighted by Gasteiger charge is 2.32. The third-order valence-electron chi connectivity index (χ3n) is 6.18. The largest absolute Gasteiger partial charge is 0.360 e. The molecule has 32 heavy (non-hydrogen) atoms. The summed E-state index contributed by atoms with van der Waals surface area (Å²) in [6, 6.07) is 11.9. The van der Waals surface area contributed by atoms with Gasteiger partial charge in [-0.25, -0.2) is 13.2 Å². The predicted octanol–water partition coefficient (Wildman–Crippen LogP) is 1.92. The second kappa shape index (κ2) is 7.73. The SMILES string of the molecule is CC(C(=O)c1c[nH]c2ccccc12)N1CCN(S(=O)(=O)c2ccc3[nH]c(=O)[nH]c3c2)CC1. The Labute approximate surface area is 184 Å². The number of hydrogen-bond acceptors (Lipinski definition) is 5. The predicted molar refractivity (Wildman–Crippen MR) is 121 cm³/mol. The van der Waals surface area contributed by atoms with Crippen LogP contribution in [0, 0.1) is 0 Å². The van der Waals surface area contributed by atoms with Crippen molar-refractivity contribution in [1.29, 1.82) is 0 Å². The van der Waals surface area contributed by atoms with Crippen LogP contribution in [0.2, 0.25) is 0 Å². The number of fused-ring (bicyclic) bond motifs is 2. The molecule has 10 heteroatoms. The van der Waals surface area contributed by atoms with E-state index in [0.29, 0.717) is 29.7 Å². The summed E-state index contributed by atoms with van der Waals surface area (Å²) in [7, 11) is -3.70. The number of piperazine rings is 1. The van der Waals surface area contributed by atoms with Crippen molar-refractivity contribution in [2.45, 2.75) is 17.9 Å². The molecule has 1 fully saturated rings. The van der Waals surface area contributed by atoms with E-state index in [1.165, 1.54) is 16.4 Å². The van der Waals surface area contributed by atoms with Crippen molar-refractivity contribution in [3.8, 4) is 0 Å². The summed E-state index contributed by atoms with van der Waals surface area (Å²) in [5.74, 6) is 0.0145. The number of ketones is 1. The maximum atomic E-state index is 13.1. The van der Waals surface area contributed by atoms with Gasteiger partial charge in [0, 0.05) is 48.8 Å². The number of nitrogens with one attached hydrogen (secondary N) is 3. The van der Waals surface area contributed by atoms with Crippen LogP contribution < -0.4 is 5.69 Å². The monoisotopic (exact) mass is 453 g/mol. The molecular weight excluding hydrogens is 430 g/mol. The van der Waals surface area contributed by atoms with E-state index in [-0.39, 0.29) is 35.5 Å². The Balaban J connectivity index is 1.30. The summed E-state index contributed by atoms with van der Waals surface area (Å²) in [6.45, 7) is 3.35. The summed E-state index contributed by atoms with van der Waals surface area (Å²) >= 11 is 0. The van der Waals surface area contributed by atoms with Crippen molar-refractivity contribution in [3.63, 3.8) is 0 Å². The summed E-state index contributed by atoms with van der Waals surface area (Å²) in [4.78, 5) is 35.1.